The van der Waals surface area contributed by atoms with Crippen LogP contribution in [0, 0.1) is 0 Å². The minimum atomic E-state index is 0.594. The third-order valence-corrected chi connectivity index (χ3v) is 3.02. The van der Waals surface area contributed by atoms with Crippen molar-refractivity contribution in [2.75, 3.05) is 7.11 Å². The summed E-state index contributed by atoms with van der Waals surface area (Å²) in [5, 5.41) is 0.644. The van der Waals surface area contributed by atoms with E-state index in [9.17, 15) is 4.79 Å². The summed E-state index contributed by atoms with van der Waals surface area (Å²) in [6.45, 7) is 0. The van der Waals surface area contributed by atoms with Gasteiger partial charge in [-0.05, 0) is 36.1 Å². The van der Waals surface area contributed by atoms with Crippen LogP contribution in [0.15, 0.2) is 23.2 Å². The Morgan fingerprint density at radius 1 is 1.40 bits per heavy atom. The summed E-state index contributed by atoms with van der Waals surface area (Å²) < 4.78 is 5.13. The smallest absolute Gasteiger partial charge is 0.151 e. The second-order valence-electron chi connectivity index (χ2n) is 3.46. The molecular weight excluding hydrogens is 212 g/mol. The highest BCUT2D eigenvalue weighted by Gasteiger charge is 2.17. The van der Waals surface area contributed by atoms with Crippen molar-refractivity contribution in [1.29, 1.82) is 0 Å². The monoisotopic (exact) mass is 222 g/mol. The number of fused-ring (bicyclic) bond motifs is 1. The number of carbonyl (C=O) groups excluding carboxylic acids is 1. The molecule has 0 N–H and O–H groups in total. The largest absolute Gasteiger partial charge is 0.497 e. The number of methoxy groups -OCH3 is 1. The Hall–Kier alpha value is -1.28. The summed E-state index contributed by atoms with van der Waals surface area (Å²) in [5.74, 6) is 0.750. The highest BCUT2D eigenvalue weighted by atomic mass is 35.5. The first-order valence-corrected chi connectivity index (χ1v) is 5.15. The summed E-state index contributed by atoms with van der Waals surface area (Å²) in [6.07, 6.45) is 2.45. The predicted octanol–water partition coefficient (Wildman–Crippen LogP) is 2.79. The van der Waals surface area contributed by atoms with E-state index in [1.165, 1.54) is 0 Å². The molecule has 3 heteroatoms. The number of halogens is 1. The Morgan fingerprint density at radius 3 is 2.87 bits per heavy atom. The standard InChI is InChI=1S/C12H11ClO2/c1-15-9-4-2-8-3-5-12(13)11(7-14)10(8)6-9/h2,4,6-7H,3,5H2,1H3. The van der Waals surface area contributed by atoms with Crippen LogP contribution in [0.2, 0.25) is 0 Å². The summed E-state index contributed by atoms with van der Waals surface area (Å²) in [4.78, 5) is 10.9. The van der Waals surface area contributed by atoms with Crippen molar-refractivity contribution in [3.63, 3.8) is 0 Å². The zero-order valence-electron chi connectivity index (χ0n) is 8.42. The van der Waals surface area contributed by atoms with E-state index >= 15 is 0 Å². The highest BCUT2D eigenvalue weighted by Crippen LogP contribution is 2.34. The SMILES string of the molecule is COc1ccc2c(c1)C(C=O)=C(Cl)CC2. The maximum Gasteiger partial charge on any atom is 0.151 e. The number of carbonyl (C=O) groups is 1. The molecule has 0 heterocycles. The van der Waals surface area contributed by atoms with E-state index in [-0.39, 0.29) is 0 Å². The molecule has 1 aromatic carbocycles. The predicted molar refractivity (Wildman–Crippen MR) is 60.2 cm³/mol. The Labute approximate surface area is 93.5 Å². The molecule has 1 aliphatic carbocycles. The number of aldehydes is 1. The Bertz CT molecular complexity index is 435. The van der Waals surface area contributed by atoms with Gasteiger partial charge in [0.05, 0.1) is 7.11 Å². The van der Waals surface area contributed by atoms with Crippen molar-refractivity contribution in [2.24, 2.45) is 0 Å². The van der Waals surface area contributed by atoms with Crippen molar-refractivity contribution >= 4 is 23.5 Å². The van der Waals surface area contributed by atoms with E-state index in [1.807, 2.05) is 18.2 Å². The minimum Gasteiger partial charge on any atom is -0.497 e. The van der Waals surface area contributed by atoms with Crippen molar-refractivity contribution in [3.8, 4) is 5.75 Å². The average molecular weight is 223 g/mol. The van der Waals surface area contributed by atoms with Gasteiger partial charge in [0.2, 0.25) is 0 Å². The minimum absolute atomic E-state index is 0.594. The first-order chi connectivity index (χ1) is 7.26. The van der Waals surface area contributed by atoms with Crippen LogP contribution < -0.4 is 4.74 Å². The molecule has 1 aromatic rings. The van der Waals surface area contributed by atoms with Crippen LogP contribution in [0.1, 0.15) is 17.5 Å². The van der Waals surface area contributed by atoms with Gasteiger partial charge in [-0.25, -0.2) is 0 Å². The number of benzene rings is 1. The van der Waals surface area contributed by atoms with Crippen LogP contribution in [-0.2, 0) is 11.2 Å². The lowest BCUT2D eigenvalue weighted by atomic mass is 9.91. The van der Waals surface area contributed by atoms with Gasteiger partial charge >= 0.3 is 0 Å². The van der Waals surface area contributed by atoms with Gasteiger partial charge in [-0.2, -0.15) is 0 Å². The normalized spacial score (nSPS) is 14.8. The van der Waals surface area contributed by atoms with Gasteiger partial charge in [-0.15, -0.1) is 0 Å². The van der Waals surface area contributed by atoms with E-state index < -0.39 is 0 Å². The molecule has 0 aliphatic heterocycles. The fourth-order valence-corrected chi connectivity index (χ4v) is 2.04. The molecule has 0 fully saturated rings. The van der Waals surface area contributed by atoms with Gasteiger partial charge in [0, 0.05) is 10.6 Å². The summed E-state index contributed by atoms with van der Waals surface area (Å²) in [6, 6.07) is 5.75. The zero-order chi connectivity index (χ0) is 10.8. The lowest BCUT2D eigenvalue weighted by Crippen LogP contribution is -2.03. The van der Waals surface area contributed by atoms with Gasteiger partial charge in [-0.1, -0.05) is 17.7 Å². The third-order valence-electron chi connectivity index (χ3n) is 2.63. The van der Waals surface area contributed by atoms with E-state index in [1.54, 1.807) is 7.11 Å². The molecule has 0 unspecified atom stereocenters. The molecule has 1 aliphatic rings. The molecule has 0 bridgehead atoms. The Kier molecular flexibility index (Phi) is 2.78. The van der Waals surface area contributed by atoms with Crippen molar-refractivity contribution < 1.29 is 9.53 Å². The number of hydrogen-bond acceptors (Lipinski definition) is 2. The molecule has 15 heavy (non-hydrogen) atoms. The van der Waals surface area contributed by atoms with Gasteiger partial charge in [0.1, 0.15) is 5.75 Å². The number of hydrogen-bond donors (Lipinski definition) is 0. The molecule has 0 amide bonds. The summed E-state index contributed by atoms with van der Waals surface area (Å²) >= 11 is 6.01. The molecule has 78 valence electrons. The Balaban J connectivity index is 2.58. The van der Waals surface area contributed by atoms with Crippen LogP contribution in [0.3, 0.4) is 0 Å². The van der Waals surface area contributed by atoms with E-state index in [0.717, 1.165) is 36.0 Å². The molecule has 0 spiro atoms. The van der Waals surface area contributed by atoms with E-state index in [4.69, 9.17) is 16.3 Å². The second kappa shape index (κ2) is 4.07. The average Bonchev–Trinajstić information content (AvgIpc) is 2.28. The maximum absolute atomic E-state index is 10.9. The molecule has 0 aromatic heterocycles. The third kappa shape index (κ3) is 1.77. The van der Waals surface area contributed by atoms with Gasteiger partial charge in [0.15, 0.2) is 6.29 Å². The van der Waals surface area contributed by atoms with Gasteiger partial charge in [0.25, 0.3) is 0 Å². The molecule has 0 saturated carbocycles. The van der Waals surface area contributed by atoms with Crippen molar-refractivity contribution in [1.82, 2.24) is 0 Å². The molecule has 0 radical (unpaired) electrons. The van der Waals surface area contributed by atoms with Crippen molar-refractivity contribution in [2.45, 2.75) is 12.8 Å². The second-order valence-corrected chi connectivity index (χ2v) is 3.92. The van der Waals surface area contributed by atoms with Crippen LogP contribution in [-0.4, -0.2) is 13.4 Å². The van der Waals surface area contributed by atoms with Crippen molar-refractivity contribution in [3.05, 3.63) is 34.4 Å². The number of rotatable bonds is 2. The Morgan fingerprint density at radius 2 is 2.20 bits per heavy atom. The fourth-order valence-electron chi connectivity index (χ4n) is 1.80. The van der Waals surface area contributed by atoms with E-state index in [2.05, 4.69) is 0 Å². The summed E-state index contributed by atoms with van der Waals surface area (Å²) in [5.41, 5.74) is 2.65. The van der Waals surface area contributed by atoms with Crippen LogP contribution in [0.25, 0.3) is 5.57 Å². The van der Waals surface area contributed by atoms with Gasteiger partial charge in [-0.3, -0.25) is 4.79 Å². The first kappa shape index (κ1) is 10.2. The van der Waals surface area contributed by atoms with Crippen LogP contribution in [0.5, 0.6) is 5.75 Å². The first-order valence-electron chi connectivity index (χ1n) is 4.77. The highest BCUT2D eigenvalue weighted by molar-refractivity contribution is 6.37. The molecule has 2 rings (SSSR count). The lowest BCUT2D eigenvalue weighted by Gasteiger charge is -2.17. The quantitative estimate of drug-likeness (QED) is 0.720. The fraction of sp³-hybridized carbons (Fsp3) is 0.250. The summed E-state index contributed by atoms with van der Waals surface area (Å²) in [7, 11) is 1.61. The lowest BCUT2D eigenvalue weighted by molar-refractivity contribution is -0.103. The number of allylic oxidation sites excluding steroid dienone is 2. The molecule has 0 saturated heterocycles. The maximum atomic E-state index is 10.9. The molecule has 0 atom stereocenters. The van der Waals surface area contributed by atoms with Crippen LogP contribution in [0.4, 0.5) is 0 Å². The van der Waals surface area contributed by atoms with Crippen LogP contribution >= 0.6 is 11.6 Å². The topological polar surface area (TPSA) is 26.3 Å². The molecular formula is C12H11ClO2. The number of ether oxygens (including phenoxy) is 1. The zero-order valence-corrected chi connectivity index (χ0v) is 9.17. The molecule has 2 nitrogen and oxygen atoms in total. The van der Waals surface area contributed by atoms with Gasteiger partial charge < -0.3 is 4.74 Å². The number of aryl methyl sites for hydroxylation is 1. The van der Waals surface area contributed by atoms with E-state index in [0.29, 0.717) is 10.6 Å².